The molecule has 5 heteroatoms. The number of carbonyl (C=O) groups excluding carboxylic acids is 2. The first-order chi connectivity index (χ1) is 8.20. The van der Waals surface area contributed by atoms with E-state index in [9.17, 15) is 9.59 Å². The number of rotatable bonds is 3. The van der Waals surface area contributed by atoms with Gasteiger partial charge in [0.25, 0.3) is 0 Å². The van der Waals surface area contributed by atoms with Gasteiger partial charge in [0.2, 0.25) is 11.8 Å². The van der Waals surface area contributed by atoms with E-state index in [1.54, 1.807) is 4.90 Å². The van der Waals surface area contributed by atoms with Gasteiger partial charge in [0, 0.05) is 44.1 Å². The van der Waals surface area contributed by atoms with Gasteiger partial charge in [-0.15, -0.1) is 0 Å². The Bertz CT molecular complexity index is 313. The molecule has 0 bridgehead atoms. The Hall–Kier alpha value is -1.10. The molecule has 0 aromatic rings. The Morgan fingerprint density at radius 3 is 1.94 bits per heavy atom. The zero-order chi connectivity index (χ0) is 13.9. The zero-order valence-corrected chi connectivity index (χ0v) is 11.9. The van der Waals surface area contributed by atoms with Crippen LogP contribution in [0.3, 0.4) is 0 Å². The molecule has 0 atom stereocenters. The molecule has 0 aromatic carbocycles. The van der Waals surface area contributed by atoms with Crippen LogP contribution in [0.4, 0.5) is 0 Å². The van der Waals surface area contributed by atoms with E-state index in [2.05, 4.69) is 0 Å². The predicted octanol–water partition coefficient (Wildman–Crippen LogP) is 0.441. The highest BCUT2D eigenvalue weighted by Gasteiger charge is 2.27. The van der Waals surface area contributed by atoms with Crippen molar-refractivity contribution in [1.82, 2.24) is 9.80 Å². The fourth-order valence-electron chi connectivity index (χ4n) is 2.04. The van der Waals surface area contributed by atoms with E-state index in [1.807, 2.05) is 32.6 Å². The fourth-order valence-corrected chi connectivity index (χ4v) is 2.04. The number of nitrogens with zero attached hydrogens (tertiary/aromatic N) is 2. The lowest BCUT2D eigenvalue weighted by molar-refractivity contribution is -0.141. The number of amides is 2. The average Bonchev–Trinajstić information content (AvgIpc) is 2.26. The molecule has 2 N–H and O–H groups in total. The summed E-state index contributed by atoms with van der Waals surface area (Å²) in [7, 11) is 0. The maximum Gasteiger partial charge on any atom is 0.225 e. The maximum atomic E-state index is 12.0. The normalized spacial score (nSPS) is 17.2. The zero-order valence-electron chi connectivity index (χ0n) is 11.9. The van der Waals surface area contributed by atoms with Gasteiger partial charge in [0.05, 0.1) is 0 Å². The van der Waals surface area contributed by atoms with Gasteiger partial charge < -0.3 is 15.5 Å². The Morgan fingerprint density at radius 1 is 1.11 bits per heavy atom. The van der Waals surface area contributed by atoms with Crippen LogP contribution in [0, 0.1) is 5.92 Å². The fraction of sp³-hybridized carbons (Fsp3) is 0.846. The molecule has 0 spiro atoms. The van der Waals surface area contributed by atoms with Crippen LogP contribution in [0.25, 0.3) is 0 Å². The summed E-state index contributed by atoms with van der Waals surface area (Å²) in [4.78, 5) is 27.4. The van der Waals surface area contributed by atoms with Crippen molar-refractivity contribution in [3.63, 3.8) is 0 Å². The number of hydrogen-bond donors (Lipinski definition) is 1. The SMILES string of the molecule is CC(C)C(=O)N1CCN(C(=O)CC(C)(C)N)CC1. The number of nitrogens with two attached hydrogens (primary N) is 1. The molecule has 0 aromatic heterocycles. The van der Waals surface area contributed by atoms with Crippen LogP contribution in [-0.4, -0.2) is 53.3 Å². The number of piperazine rings is 1. The molecule has 104 valence electrons. The van der Waals surface area contributed by atoms with Crippen molar-refractivity contribution >= 4 is 11.8 Å². The summed E-state index contributed by atoms with van der Waals surface area (Å²) in [5, 5.41) is 0. The highest BCUT2D eigenvalue weighted by Crippen LogP contribution is 2.11. The quantitative estimate of drug-likeness (QED) is 0.796. The number of hydrogen-bond acceptors (Lipinski definition) is 3. The van der Waals surface area contributed by atoms with Crippen molar-refractivity contribution < 1.29 is 9.59 Å². The summed E-state index contributed by atoms with van der Waals surface area (Å²) in [6.07, 6.45) is 0.352. The second-order valence-corrected chi connectivity index (χ2v) is 6.03. The van der Waals surface area contributed by atoms with E-state index in [0.717, 1.165) is 0 Å². The predicted molar refractivity (Wildman–Crippen MR) is 70.9 cm³/mol. The van der Waals surface area contributed by atoms with Gasteiger partial charge in [-0.2, -0.15) is 0 Å². The van der Waals surface area contributed by atoms with Gasteiger partial charge in [-0.3, -0.25) is 9.59 Å². The summed E-state index contributed by atoms with van der Waals surface area (Å²) in [6.45, 7) is 10.0. The first-order valence-corrected chi connectivity index (χ1v) is 6.56. The standard InChI is InChI=1S/C13H25N3O2/c1-10(2)12(18)16-7-5-15(6-8-16)11(17)9-13(3,4)14/h10H,5-9,14H2,1-4H3. The Kier molecular flexibility index (Phi) is 4.73. The first-order valence-electron chi connectivity index (χ1n) is 6.56. The second kappa shape index (κ2) is 5.69. The van der Waals surface area contributed by atoms with Crippen LogP contribution in [0.1, 0.15) is 34.1 Å². The van der Waals surface area contributed by atoms with Crippen LogP contribution in [0.5, 0.6) is 0 Å². The van der Waals surface area contributed by atoms with Crippen LogP contribution in [-0.2, 0) is 9.59 Å². The van der Waals surface area contributed by atoms with Crippen molar-refractivity contribution in [2.45, 2.75) is 39.7 Å². The lowest BCUT2D eigenvalue weighted by Gasteiger charge is -2.36. The summed E-state index contributed by atoms with van der Waals surface area (Å²) < 4.78 is 0. The van der Waals surface area contributed by atoms with Crippen molar-refractivity contribution in [3.8, 4) is 0 Å². The van der Waals surface area contributed by atoms with E-state index in [0.29, 0.717) is 32.6 Å². The lowest BCUT2D eigenvalue weighted by Crippen LogP contribution is -2.53. The second-order valence-electron chi connectivity index (χ2n) is 6.03. The van der Waals surface area contributed by atoms with Crippen molar-refractivity contribution in [3.05, 3.63) is 0 Å². The summed E-state index contributed by atoms with van der Waals surface area (Å²) in [5.74, 6) is 0.274. The Labute approximate surface area is 109 Å². The topological polar surface area (TPSA) is 66.6 Å². The minimum Gasteiger partial charge on any atom is -0.339 e. The van der Waals surface area contributed by atoms with Gasteiger partial charge >= 0.3 is 0 Å². The first kappa shape index (κ1) is 15.0. The molecule has 1 fully saturated rings. The monoisotopic (exact) mass is 255 g/mol. The van der Waals surface area contributed by atoms with E-state index in [-0.39, 0.29) is 17.7 Å². The molecule has 18 heavy (non-hydrogen) atoms. The van der Waals surface area contributed by atoms with E-state index in [1.165, 1.54) is 0 Å². The minimum absolute atomic E-state index is 0.0234. The van der Waals surface area contributed by atoms with Crippen molar-refractivity contribution in [2.75, 3.05) is 26.2 Å². The molecule has 0 saturated carbocycles. The van der Waals surface area contributed by atoms with E-state index < -0.39 is 5.54 Å². The molecule has 0 aliphatic carbocycles. The van der Waals surface area contributed by atoms with E-state index >= 15 is 0 Å². The summed E-state index contributed by atoms with van der Waals surface area (Å²) in [5.41, 5.74) is 5.38. The molecule has 1 heterocycles. The molecule has 1 aliphatic rings. The van der Waals surface area contributed by atoms with Gasteiger partial charge in [0.1, 0.15) is 0 Å². The van der Waals surface area contributed by atoms with Gasteiger partial charge in [-0.25, -0.2) is 0 Å². The Balaban J connectivity index is 2.44. The number of carbonyl (C=O) groups is 2. The maximum absolute atomic E-state index is 12.0. The highest BCUT2D eigenvalue weighted by molar-refractivity contribution is 5.80. The molecule has 0 unspecified atom stereocenters. The van der Waals surface area contributed by atoms with Gasteiger partial charge in [-0.05, 0) is 13.8 Å². The van der Waals surface area contributed by atoms with Crippen LogP contribution in [0.15, 0.2) is 0 Å². The molecule has 5 nitrogen and oxygen atoms in total. The average molecular weight is 255 g/mol. The van der Waals surface area contributed by atoms with Crippen LogP contribution in [0.2, 0.25) is 0 Å². The largest absolute Gasteiger partial charge is 0.339 e. The van der Waals surface area contributed by atoms with E-state index in [4.69, 9.17) is 5.73 Å². The minimum atomic E-state index is -0.470. The van der Waals surface area contributed by atoms with Gasteiger partial charge in [0.15, 0.2) is 0 Å². The van der Waals surface area contributed by atoms with Crippen molar-refractivity contribution in [2.24, 2.45) is 11.7 Å². The summed E-state index contributed by atoms with van der Waals surface area (Å²) in [6, 6.07) is 0. The smallest absolute Gasteiger partial charge is 0.225 e. The molecule has 1 aliphatic heterocycles. The summed E-state index contributed by atoms with van der Waals surface area (Å²) >= 11 is 0. The third kappa shape index (κ3) is 4.29. The molecular formula is C13H25N3O2. The molecule has 2 amide bonds. The molecular weight excluding hydrogens is 230 g/mol. The lowest BCUT2D eigenvalue weighted by atomic mass is 10.0. The third-order valence-corrected chi connectivity index (χ3v) is 3.04. The third-order valence-electron chi connectivity index (χ3n) is 3.04. The molecule has 1 rings (SSSR count). The van der Waals surface area contributed by atoms with Gasteiger partial charge in [-0.1, -0.05) is 13.8 Å². The molecule has 1 saturated heterocycles. The highest BCUT2D eigenvalue weighted by atomic mass is 16.2. The Morgan fingerprint density at radius 2 is 1.56 bits per heavy atom. The molecule has 0 radical (unpaired) electrons. The van der Waals surface area contributed by atoms with Crippen molar-refractivity contribution in [1.29, 1.82) is 0 Å². The van der Waals surface area contributed by atoms with Crippen LogP contribution >= 0.6 is 0 Å². The van der Waals surface area contributed by atoms with Crippen LogP contribution < -0.4 is 5.73 Å².